The van der Waals surface area contributed by atoms with Crippen molar-refractivity contribution in [1.29, 1.82) is 0 Å². The predicted octanol–water partition coefficient (Wildman–Crippen LogP) is 2.96. The Kier molecular flexibility index (Phi) is 5.99. The summed E-state index contributed by atoms with van der Waals surface area (Å²) in [5, 5.41) is 6.41. The number of hydrogen-bond donors (Lipinski definition) is 2. The second-order valence-corrected chi connectivity index (χ2v) is 8.22. The molecule has 5 nitrogen and oxygen atoms in total. The summed E-state index contributed by atoms with van der Waals surface area (Å²) in [6, 6.07) is 1.65. The molecule has 2 aliphatic carbocycles. The number of carbonyl (C=O) groups is 1. The third-order valence-corrected chi connectivity index (χ3v) is 5.81. The van der Waals surface area contributed by atoms with Crippen molar-refractivity contribution in [2.24, 2.45) is 17.8 Å². The highest BCUT2D eigenvalue weighted by Crippen LogP contribution is 2.42. The largest absolute Gasteiger partial charge is 0.354 e. The maximum atomic E-state index is 12.7. The van der Waals surface area contributed by atoms with Gasteiger partial charge in [-0.2, -0.15) is 11.8 Å². The van der Waals surface area contributed by atoms with Crippen LogP contribution in [0, 0.1) is 31.6 Å². The van der Waals surface area contributed by atoms with E-state index in [4.69, 9.17) is 0 Å². The van der Waals surface area contributed by atoms with Gasteiger partial charge >= 0.3 is 0 Å². The second kappa shape index (κ2) is 8.21. The molecule has 2 aliphatic rings. The number of amides is 1. The quantitative estimate of drug-likeness (QED) is 0.698. The molecule has 1 heterocycles. The summed E-state index contributed by atoms with van der Waals surface area (Å²) in [7, 11) is 0. The normalized spacial score (nSPS) is 25.2. The minimum absolute atomic E-state index is 0.0589. The van der Waals surface area contributed by atoms with E-state index in [1.807, 2.05) is 19.9 Å². The van der Waals surface area contributed by atoms with Gasteiger partial charge in [-0.25, -0.2) is 9.97 Å². The van der Waals surface area contributed by atoms with Crippen molar-refractivity contribution in [3.05, 3.63) is 29.6 Å². The van der Waals surface area contributed by atoms with Crippen LogP contribution < -0.4 is 10.6 Å². The fraction of sp³-hybridized carbons (Fsp3) is 0.632. The molecule has 1 saturated carbocycles. The van der Waals surface area contributed by atoms with Gasteiger partial charge in [0, 0.05) is 17.9 Å². The number of fused-ring (bicyclic) bond motifs is 2. The summed E-state index contributed by atoms with van der Waals surface area (Å²) in [5.74, 6) is 3.52. The summed E-state index contributed by atoms with van der Waals surface area (Å²) in [4.78, 5) is 21.6. The lowest BCUT2D eigenvalue weighted by Gasteiger charge is -2.22. The second-order valence-electron chi connectivity index (χ2n) is 7.24. The summed E-state index contributed by atoms with van der Waals surface area (Å²) >= 11 is 1.75. The van der Waals surface area contributed by atoms with E-state index in [1.54, 1.807) is 11.8 Å². The molecule has 3 rings (SSSR count). The van der Waals surface area contributed by atoms with Crippen LogP contribution in [0.2, 0.25) is 0 Å². The van der Waals surface area contributed by atoms with Gasteiger partial charge < -0.3 is 10.6 Å². The van der Waals surface area contributed by atoms with Crippen molar-refractivity contribution < 1.29 is 4.79 Å². The first kappa shape index (κ1) is 18.2. The van der Waals surface area contributed by atoms with Gasteiger partial charge in [0.25, 0.3) is 0 Å². The number of nitrogens with zero attached hydrogens (tertiary/aromatic N) is 2. The molecule has 2 bridgehead atoms. The van der Waals surface area contributed by atoms with Crippen LogP contribution in [0.5, 0.6) is 0 Å². The molecule has 1 fully saturated rings. The third kappa shape index (κ3) is 4.75. The number of nitrogens with one attached hydrogen (secondary N) is 2. The zero-order chi connectivity index (χ0) is 17.8. The van der Waals surface area contributed by atoms with Gasteiger partial charge in [0.1, 0.15) is 6.04 Å². The molecule has 6 heteroatoms. The first-order valence-corrected chi connectivity index (χ1v) is 10.5. The zero-order valence-electron chi connectivity index (χ0n) is 15.3. The Balaban J connectivity index is 1.58. The molecule has 136 valence electrons. The molecule has 1 aromatic heterocycles. The smallest absolute Gasteiger partial charge is 0.242 e. The molecule has 25 heavy (non-hydrogen) atoms. The fourth-order valence-corrected chi connectivity index (χ4v) is 4.41. The Bertz CT molecular complexity index is 628. The first-order valence-electron chi connectivity index (χ1n) is 9.09. The summed E-state index contributed by atoms with van der Waals surface area (Å²) in [6.45, 7) is 4.66. The van der Waals surface area contributed by atoms with E-state index >= 15 is 0 Å². The molecule has 1 aromatic rings. The van der Waals surface area contributed by atoms with E-state index < -0.39 is 0 Å². The standard InChI is InChI=1S/C19H28N4OS/c1-12-8-13(2)22-19(21-12)23-17(6-7-25-3)18(24)20-11-16-10-14-4-5-15(16)9-14/h4-5,8,14-17H,6-7,9-11H2,1-3H3,(H,20,24)(H,21,22,23)/t14-,15-,16-,17-/m0/s1. The van der Waals surface area contributed by atoms with E-state index in [0.29, 0.717) is 17.8 Å². The van der Waals surface area contributed by atoms with Crippen LogP contribution in [0.1, 0.15) is 30.7 Å². The van der Waals surface area contributed by atoms with Crippen molar-refractivity contribution >= 4 is 23.6 Å². The van der Waals surface area contributed by atoms with E-state index in [-0.39, 0.29) is 11.9 Å². The highest BCUT2D eigenvalue weighted by molar-refractivity contribution is 7.98. The molecule has 0 unspecified atom stereocenters. The number of aryl methyl sites for hydroxylation is 2. The van der Waals surface area contributed by atoms with Gasteiger partial charge in [0.05, 0.1) is 0 Å². The van der Waals surface area contributed by atoms with Crippen molar-refractivity contribution in [2.75, 3.05) is 23.9 Å². The number of allylic oxidation sites excluding steroid dienone is 2. The molecule has 0 aliphatic heterocycles. The van der Waals surface area contributed by atoms with Crippen molar-refractivity contribution in [2.45, 2.75) is 39.2 Å². The maximum absolute atomic E-state index is 12.7. The number of anilines is 1. The molecule has 0 spiro atoms. The molecule has 1 amide bonds. The van der Waals surface area contributed by atoms with Gasteiger partial charge in [-0.05, 0) is 68.9 Å². The lowest BCUT2D eigenvalue weighted by Crippen LogP contribution is -2.42. The minimum Gasteiger partial charge on any atom is -0.354 e. The fourth-order valence-electron chi connectivity index (χ4n) is 3.94. The Morgan fingerprint density at radius 1 is 1.28 bits per heavy atom. The van der Waals surface area contributed by atoms with Crippen LogP contribution in [0.3, 0.4) is 0 Å². The van der Waals surface area contributed by atoms with E-state index in [0.717, 1.165) is 36.0 Å². The van der Waals surface area contributed by atoms with Gasteiger partial charge in [-0.1, -0.05) is 12.2 Å². The highest BCUT2D eigenvalue weighted by atomic mass is 32.2. The first-order chi connectivity index (χ1) is 12.0. The van der Waals surface area contributed by atoms with Crippen molar-refractivity contribution in [3.8, 4) is 0 Å². The van der Waals surface area contributed by atoms with Gasteiger partial charge in [-0.15, -0.1) is 0 Å². The van der Waals surface area contributed by atoms with E-state index in [2.05, 4.69) is 39.0 Å². The molecular formula is C19H28N4OS. The summed E-state index contributed by atoms with van der Waals surface area (Å²) in [6.07, 6.45) is 9.97. The topological polar surface area (TPSA) is 66.9 Å². The molecule has 2 N–H and O–H groups in total. The zero-order valence-corrected chi connectivity index (χ0v) is 16.1. The van der Waals surface area contributed by atoms with Gasteiger partial charge in [0.15, 0.2) is 0 Å². The number of carbonyl (C=O) groups excluding carboxylic acids is 1. The minimum atomic E-state index is -0.289. The van der Waals surface area contributed by atoms with Crippen molar-refractivity contribution in [1.82, 2.24) is 15.3 Å². The van der Waals surface area contributed by atoms with Crippen LogP contribution in [-0.4, -0.2) is 40.5 Å². The highest BCUT2D eigenvalue weighted by Gasteiger charge is 2.35. The molecule has 4 atom stereocenters. The lowest BCUT2D eigenvalue weighted by atomic mass is 9.93. The lowest BCUT2D eigenvalue weighted by molar-refractivity contribution is -0.122. The molecule has 0 aromatic carbocycles. The van der Waals surface area contributed by atoms with Crippen LogP contribution >= 0.6 is 11.8 Å². The monoisotopic (exact) mass is 360 g/mol. The number of aromatic nitrogens is 2. The number of rotatable bonds is 8. The number of thioether (sulfide) groups is 1. The van der Waals surface area contributed by atoms with Crippen LogP contribution in [0.25, 0.3) is 0 Å². The predicted molar refractivity (Wildman–Crippen MR) is 104 cm³/mol. The Hall–Kier alpha value is -1.56. The Morgan fingerprint density at radius 2 is 2.04 bits per heavy atom. The summed E-state index contributed by atoms with van der Waals surface area (Å²) in [5.41, 5.74) is 1.82. The van der Waals surface area contributed by atoms with E-state index in [9.17, 15) is 4.79 Å². The van der Waals surface area contributed by atoms with Crippen molar-refractivity contribution in [3.63, 3.8) is 0 Å². The average Bonchev–Trinajstić information content (AvgIpc) is 3.18. The van der Waals surface area contributed by atoms with E-state index in [1.165, 1.54) is 12.8 Å². The molecule has 0 radical (unpaired) electrons. The Morgan fingerprint density at radius 3 is 2.64 bits per heavy atom. The van der Waals surface area contributed by atoms with Crippen LogP contribution in [0.15, 0.2) is 18.2 Å². The van der Waals surface area contributed by atoms with Crippen LogP contribution in [-0.2, 0) is 4.79 Å². The SMILES string of the molecule is CSCC[C@H](Nc1nc(C)cc(C)n1)C(=O)NC[C@@H]1C[C@H]2C=C[C@H]1C2. The molecular weight excluding hydrogens is 332 g/mol. The number of hydrogen-bond acceptors (Lipinski definition) is 5. The molecule has 0 saturated heterocycles. The van der Waals surface area contributed by atoms with Crippen LogP contribution in [0.4, 0.5) is 5.95 Å². The van der Waals surface area contributed by atoms with Gasteiger partial charge in [-0.3, -0.25) is 4.79 Å². The Labute approximate surface area is 154 Å². The van der Waals surface area contributed by atoms with Gasteiger partial charge in [0.2, 0.25) is 11.9 Å². The third-order valence-electron chi connectivity index (χ3n) is 5.17. The average molecular weight is 361 g/mol. The maximum Gasteiger partial charge on any atom is 0.242 e. The summed E-state index contributed by atoms with van der Waals surface area (Å²) < 4.78 is 0.